The fourth-order valence-electron chi connectivity index (χ4n) is 1.94. The molecule has 106 valence electrons. The average molecular weight is 279 g/mol. The average Bonchev–Trinajstić information content (AvgIpc) is 2.53. The molecule has 0 unspecified atom stereocenters. The summed E-state index contributed by atoms with van der Waals surface area (Å²) in [5, 5.41) is 0. The molecule has 0 radical (unpaired) electrons. The normalized spacial score (nSPS) is 9.90. The number of nitrogens with zero attached hydrogens (tertiary/aromatic N) is 1. The number of aryl methyl sites for hydroxylation is 1. The number of carbonyl (C=O) groups is 1. The minimum atomic E-state index is -0.363. The fraction of sp³-hybridized carbons (Fsp3) is 0.222. The van der Waals surface area contributed by atoms with Crippen LogP contribution in [-0.4, -0.2) is 11.0 Å². The van der Waals surface area contributed by atoms with Crippen molar-refractivity contribution < 1.29 is 9.53 Å². The molecule has 0 fully saturated rings. The Morgan fingerprint density at radius 1 is 1.29 bits per heavy atom. The number of benzene rings is 1. The monoisotopic (exact) mass is 279 g/mol. The van der Waals surface area contributed by atoms with Crippen LogP contribution in [0.3, 0.4) is 0 Å². The van der Waals surface area contributed by atoms with Crippen molar-refractivity contribution in [3.8, 4) is 29.4 Å². The van der Waals surface area contributed by atoms with E-state index in [9.17, 15) is 4.79 Å². The zero-order valence-corrected chi connectivity index (χ0v) is 12.0. The highest BCUT2D eigenvalue weighted by Crippen LogP contribution is 2.28. The van der Waals surface area contributed by atoms with E-state index in [0.29, 0.717) is 12.3 Å². The molecule has 0 N–H and O–H groups in total. The molecule has 2 aromatic rings. The Labute approximate surface area is 125 Å². The van der Waals surface area contributed by atoms with Crippen LogP contribution in [0.4, 0.5) is 0 Å². The molecule has 3 nitrogen and oxygen atoms in total. The van der Waals surface area contributed by atoms with Gasteiger partial charge in [-0.15, -0.1) is 12.3 Å². The number of ether oxygens (including phenoxy) is 1. The van der Waals surface area contributed by atoms with Gasteiger partial charge in [-0.2, -0.15) is 0 Å². The molecule has 0 aliphatic rings. The number of carbonyl (C=O) groups excluding carboxylic acids is 1. The van der Waals surface area contributed by atoms with Gasteiger partial charge in [0.1, 0.15) is 0 Å². The number of hydrogen-bond acceptors (Lipinski definition) is 3. The lowest BCUT2D eigenvalue weighted by atomic mass is 10.0. The summed E-state index contributed by atoms with van der Waals surface area (Å²) < 4.78 is 5.31. The van der Waals surface area contributed by atoms with E-state index in [4.69, 9.17) is 11.2 Å². The van der Waals surface area contributed by atoms with Crippen molar-refractivity contribution in [1.82, 2.24) is 4.98 Å². The van der Waals surface area contributed by atoms with Gasteiger partial charge in [-0.3, -0.25) is 4.79 Å². The van der Waals surface area contributed by atoms with Crippen LogP contribution in [0.2, 0.25) is 0 Å². The Bertz CT molecular complexity index is 654. The van der Waals surface area contributed by atoms with Crippen LogP contribution in [-0.2, 0) is 11.2 Å². The van der Waals surface area contributed by atoms with Crippen molar-refractivity contribution in [2.45, 2.75) is 26.2 Å². The van der Waals surface area contributed by atoms with E-state index in [2.05, 4.69) is 30.0 Å². The summed E-state index contributed by atoms with van der Waals surface area (Å²) in [6.45, 7) is 2.11. The van der Waals surface area contributed by atoms with Crippen LogP contribution in [0.1, 0.15) is 25.3 Å². The van der Waals surface area contributed by atoms with E-state index in [1.807, 2.05) is 24.3 Å². The van der Waals surface area contributed by atoms with Crippen LogP contribution < -0.4 is 4.74 Å². The Balaban J connectivity index is 2.23. The lowest BCUT2D eigenvalue weighted by Crippen LogP contribution is -2.09. The molecule has 3 heteroatoms. The molecule has 0 atom stereocenters. The first-order valence-corrected chi connectivity index (χ1v) is 6.93. The molecule has 0 amide bonds. The standard InChI is InChI=1S/C18H17NO2/c1-3-5-8-17(20)21-18-16(7-6-13-19-18)15-11-9-14(4-2)10-12-15/h1,6-7,9-13H,4-5,8H2,2H3. The fourth-order valence-corrected chi connectivity index (χ4v) is 1.94. The molecule has 2 rings (SSSR count). The molecule has 0 saturated carbocycles. The minimum absolute atomic E-state index is 0.196. The van der Waals surface area contributed by atoms with Gasteiger partial charge in [0.2, 0.25) is 5.88 Å². The first-order valence-electron chi connectivity index (χ1n) is 6.93. The summed E-state index contributed by atoms with van der Waals surface area (Å²) >= 11 is 0. The van der Waals surface area contributed by atoms with Crippen LogP contribution in [0, 0.1) is 12.3 Å². The first kappa shape index (κ1) is 14.8. The molecule has 0 bridgehead atoms. The molecule has 0 aliphatic heterocycles. The van der Waals surface area contributed by atoms with Gasteiger partial charge in [0.25, 0.3) is 0 Å². The molecule has 1 aromatic carbocycles. The van der Waals surface area contributed by atoms with E-state index < -0.39 is 0 Å². The molecule has 0 aliphatic carbocycles. The topological polar surface area (TPSA) is 39.2 Å². The van der Waals surface area contributed by atoms with Crippen molar-refractivity contribution in [3.63, 3.8) is 0 Å². The van der Waals surface area contributed by atoms with Crippen molar-refractivity contribution in [3.05, 3.63) is 48.2 Å². The number of pyridine rings is 1. The molecule has 21 heavy (non-hydrogen) atoms. The second-order valence-corrected chi connectivity index (χ2v) is 4.58. The van der Waals surface area contributed by atoms with E-state index in [1.165, 1.54) is 5.56 Å². The SMILES string of the molecule is C#CCCC(=O)Oc1ncccc1-c1ccc(CC)cc1. The summed E-state index contributed by atoms with van der Waals surface area (Å²) in [5.41, 5.74) is 3.03. The van der Waals surface area contributed by atoms with Gasteiger partial charge < -0.3 is 4.74 Å². The van der Waals surface area contributed by atoms with Gasteiger partial charge in [0.15, 0.2) is 0 Å². The lowest BCUT2D eigenvalue weighted by molar-refractivity contribution is -0.134. The quantitative estimate of drug-likeness (QED) is 0.619. The molecular formula is C18H17NO2. The maximum Gasteiger partial charge on any atom is 0.313 e. The molecule has 0 spiro atoms. The van der Waals surface area contributed by atoms with Gasteiger partial charge in [-0.1, -0.05) is 31.2 Å². The minimum Gasteiger partial charge on any atom is -0.407 e. The summed E-state index contributed by atoms with van der Waals surface area (Å²) in [7, 11) is 0. The van der Waals surface area contributed by atoms with Gasteiger partial charge >= 0.3 is 5.97 Å². The summed E-state index contributed by atoms with van der Waals surface area (Å²) in [6, 6.07) is 11.8. The summed E-state index contributed by atoms with van der Waals surface area (Å²) in [5.74, 6) is 2.38. The number of rotatable bonds is 5. The van der Waals surface area contributed by atoms with E-state index >= 15 is 0 Å². The predicted octanol–water partition coefficient (Wildman–Crippen LogP) is 3.63. The van der Waals surface area contributed by atoms with Crippen LogP contribution in [0.5, 0.6) is 5.88 Å². The Hall–Kier alpha value is -2.60. The highest BCUT2D eigenvalue weighted by molar-refractivity contribution is 5.76. The molecule has 1 heterocycles. The highest BCUT2D eigenvalue weighted by Gasteiger charge is 2.11. The van der Waals surface area contributed by atoms with Crippen LogP contribution in [0.15, 0.2) is 42.6 Å². The largest absolute Gasteiger partial charge is 0.407 e. The van der Waals surface area contributed by atoms with Crippen LogP contribution >= 0.6 is 0 Å². The Morgan fingerprint density at radius 2 is 2.05 bits per heavy atom. The van der Waals surface area contributed by atoms with Crippen LogP contribution in [0.25, 0.3) is 11.1 Å². The van der Waals surface area contributed by atoms with E-state index in [1.54, 1.807) is 6.20 Å². The van der Waals surface area contributed by atoms with E-state index in [0.717, 1.165) is 17.5 Å². The Morgan fingerprint density at radius 3 is 2.71 bits per heavy atom. The number of terminal acetylenes is 1. The molecular weight excluding hydrogens is 262 g/mol. The van der Waals surface area contributed by atoms with Crippen molar-refractivity contribution >= 4 is 5.97 Å². The zero-order valence-electron chi connectivity index (χ0n) is 12.0. The number of hydrogen-bond donors (Lipinski definition) is 0. The maximum absolute atomic E-state index is 11.7. The first-order chi connectivity index (χ1) is 10.2. The Kier molecular flexibility index (Phi) is 5.11. The summed E-state index contributed by atoms with van der Waals surface area (Å²) in [6.07, 6.45) is 8.30. The van der Waals surface area contributed by atoms with Gasteiger partial charge in [-0.25, -0.2) is 4.98 Å². The summed E-state index contributed by atoms with van der Waals surface area (Å²) in [4.78, 5) is 15.8. The van der Waals surface area contributed by atoms with Crippen molar-refractivity contribution in [1.29, 1.82) is 0 Å². The van der Waals surface area contributed by atoms with Crippen molar-refractivity contribution in [2.24, 2.45) is 0 Å². The van der Waals surface area contributed by atoms with Gasteiger partial charge in [0.05, 0.1) is 6.42 Å². The maximum atomic E-state index is 11.7. The highest BCUT2D eigenvalue weighted by atomic mass is 16.5. The van der Waals surface area contributed by atoms with E-state index in [-0.39, 0.29) is 12.4 Å². The van der Waals surface area contributed by atoms with Gasteiger partial charge in [0, 0.05) is 18.2 Å². The number of aromatic nitrogens is 1. The predicted molar refractivity (Wildman–Crippen MR) is 82.8 cm³/mol. The zero-order chi connectivity index (χ0) is 15.1. The third-order valence-electron chi connectivity index (χ3n) is 3.13. The second-order valence-electron chi connectivity index (χ2n) is 4.58. The molecule has 0 saturated heterocycles. The number of esters is 1. The third kappa shape index (κ3) is 3.93. The second kappa shape index (κ2) is 7.25. The lowest BCUT2D eigenvalue weighted by Gasteiger charge is -2.09. The van der Waals surface area contributed by atoms with Crippen molar-refractivity contribution in [2.75, 3.05) is 0 Å². The third-order valence-corrected chi connectivity index (χ3v) is 3.13. The molecule has 1 aromatic heterocycles. The smallest absolute Gasteiger partial charge is 0.313 e. The van der Waals surface area contributed by atoms with Gasteiger partial charge in [-0.05, 0) is 29.7 Å².